The third-order valence-corrected chi connectivity index (χ3v) is 2.83. The first kappa shape index (κ1) is 13.6. The molecule has 0 bridgehead atoms. The Bertz CT molecular complexity index is 531. The molecule has 0 radical (unpaired) electrons. The van der Waals surface area contributed by atoms with Crippen LogP contribution in [0.2, 0.25) is 0 Å². The molecule has 1 N–H and O–H groups in total. The van der Waals surface area contributed by atoms with Crippen molar-refractivity contribution in [1.82, 2.24) is 24.8 Å². The van der Waals surface area contributed by atoms with E-state index in [1.54, 1.807) is 0 Å². The highest BCUT2D eigenvalue weighted by molar-refractivity contribution is 5.38. The maximum atomic E-state index is 4.29. The van der Waals surface area contributed by atoms with Gasteiger partial charge in [0.15, 0.2) is 0 Å². The fraction of sp³-hybridized carbons (Fsp3) is 0.615. The van der Waals surface area contributed by atoms with Gasteiger partial charge >= 0.3 is 0 Å². The van der Waals surface area contributed by atoms with Crippen molar-refractivity contribution in [2.45, 2.75) is 52.7 Å². The molecule has 0 saturated heterocycles. The Hall–Kier alpha value is -1.85. The molecule has 0 aliphatic rings. The predicted octanol–water partition coefficient (Wildman–Crippen LogP) is 2.42. The van der Waals surface area contributed by atoms with Crippen molar-refractivity contribution >= 4 is 5.69 Å². The Kier molecular flexibility index (Phi) is 3.59. The van der Waals surface area contributed by atoms with Gasteiger partial charge in [-0.1, -0.05) is 5.21 Å². The average molecular weight is 262 g/mol. The molecule has 2 heterocycles. The molecule has 0 unspecified atom stereocenters. The molecule has 2 aromatic rings. The number of nitrogens with zero attached hydrogens (tertiary/aromatic N) is 5. The smallest absolute Gasteiger partial charge is 0.102 e. The second kappa shape index (κ2) is 5.03. The number of anilines is 1. The van der Waals surface area contributed by atoms with Crippen molar-refractivity contribution in [3.05, 3.63) is 24.3 Å². The quantitative estimate of drug-likeness (QED) is 0.919. The van der Waals surface area contributed by atoms with Crippen LogP contribution < -0.4 is 5.32 Å². The summed E-state index contributed by atoms with van der Waals surface area (Å²) in [7, 11) is 0. The summed E-state index contributed by atoms with van der Waals surface area (Å²) in [6, 6.07) is 0.373. The Morgan fingerprint density at radius 1 is 1.26 bits per heavy atom. The summed E-state index contributed by atoms with van der Waals surface area (Å²) in [4.78, 5) is 0. The van der Waals surface area contributed by atoms with Gasteiger partial charge < -0.3 is 5.32 Å². The molecule has 0 atom stereocenters. The molecule has 0 aliphatic carbocycles. The standard InChI is InChI=1S/C13H22N6/c1-10(2)18-8-11(7-15-18)14-6-12-9-19(17-16-12)13(3,4)5/h7-10,14H,6H2,1-5H3. The van der Waals surface area contributed by atoms with Crippen molar-refractivity contribution in [1.29, 1.82) is 0 Å². The normalized spacial score (nSPS) is 12.1. The average Bonchev–Trinajstić information content (AvgIpc) is 2.95. The molecule has 0 aromatic carbocycles. The van der Waals surface area contributed by atoms with Crippen LogP contribution in [0.15, 0.2) is 18.6 Å². The fourth-order valence-electron chi connectivity index (χ4n) is 1.61. The third-order valence-electron chi connectivity index (χ3n) is 2.83. The van der Waals surface area contributed by atoms with E-state index >= 15 is 0 Å². The molecule has 6 nitrogen and oxygen atoms in total. The molecule has 0 amide bonds. The minimum atomic E-state index is -0.0340. The van der Waals surface area contributed by atoms with E-state index in [1.807, 2.05) is 28.0 Å². The summed E-state index contributed by atoms with van der Waals surface area (Å²) >= 11 is 0. The minimum Gasteiger partial charge on any atom is -0.377 e. The molecular weight excluding hydrogens is 240 g/mol. The molecule has 0 spiro atoms. The number of aromatic nitrogens is 5. The zero-order valence-corrected chi connectivity index (χ0v) is 12.3. The van der Waals surface area contributed by atoms with Gasteiger partial charge in [0.2, 0.25) is 0 Å². The molecule has 2 rings (SSSR count). The first-order valence-electron chi connectivity index (χ1n) is 6.56. The maximum absolute atomic E-state index is 4.29. The lowest BCUT2D eigenvalue weighted by molar-refractivity contribution is 0.347. The highest BCUT2D eigenvalue weighted by atomic mass is 15.4. The lowest BCUT2D eigenvalue weighted by Gasteiger charge is -2.17. The third kappa shape index (κ3) is 3.33. The van der Waals surface area contributed by atoms with Crippen LogP contribution in [0.1, 0.15) is 46.4 Å². The van der Waals surface area contributed by atoms with Gasteiger partial charge in [-0.15, -0.1) is 5.10 Å². The van der Waals surface area contributed by atoms with E-state index in [0.717, 1.165) is 11.4 Å². The van der Waals surface area contributed by atoms with Gasteiger partial charge in [0, 0.05) is 12.2 Å². The lowest BCUT2D eigenvalue weighted by Crippen LogP contribution is -2.22. The van der Waals surface area contributed by atoms with E-state index < -0.39 is 0 Å². The SMILES string of the molecule is CC(C)n1cc(NCc2cn(C(C)(C)C)nn2)cn1. The Morgan fingerprint density at radius 2 is 2.00 bits per heavy atom. The second-order valence-corrected chi connectivity index (χ2v) is 5.98. The van der Waals surface area contributed by atoms with Gasteiger partial charge in [-0.05, 0) is 34.6 Å². The van der Waals surface area contributed by atoms with Gasteiger partial charge in [-0.2, -0.15) is 5.10 Å². The Morgan fingerprint density at radius 3 is 2.53 bits per heavy atom. The van der Waals surface area contributed by atoms with Gasteiger partial charge in [-0.3, -0.25) is 4.68 Å². The van der Waals surface area contributed by atoms with Gasteiger partial charge in [0.25, 0.3) is 0 Å². The summed E-state index contributed by atoms with van der Waals surface area (Å²) < 4.78 is 3.80. The van der Waals surface area contributed by atoms with Crippen LogP contribution in [-0.4, -0.2) is 24.8 Å². The molecule has 6 heteroatoms. The highest BCUT2D eigenvalue weighted by Gasteiger charge is 2.14. The van der Waals surface area contributed by atoms with Gasteiger partial charge in [0.1, 0.15) is 5.69 Å². The molecule has 0 aliphatic heterocycles. The van der Waals surface area contributed by atoms with Gasteiger partial charge in [-0.25, -0.2) is 4.68 Å². The van der Waals surface area contributed by atoms with Gasteiger partial charge in [0.05, 0.1) is 30.2 Å². The van der Waals surface area contributed by atoms with Crippen molar-refractivity contribution in [2.24, 2.45) is 0 Å². The molecule has 0 saturated carbocycles. The zero-order chi connectivity index (χ0) is 14.0. The molecule has 2 aromatic heterocycles. The largest absolute Gasteiger partial charge is 0.377 e. The summed E-state index contributed by atoms with van der Waals surface area (Å²) in [5.74, 6) is 0. The summed E-state index contributed by atoms with van der Waals surface area (Å²) in [5.41, 5.74) is 1.89. The summed E-state index contributed by atoms with van der Waals surface area (Å²) in [6.45, 7) is 11.2. The number of hydrogen-bond donors (Lipinski definition) is 1. The zero-order valence-electron chi connectivity index (χ0n) is 12.3. The van der Waals surface area contributed by atoms with Crippen molar-refractivity contribution in [2.75, 3.05) is 5.32 Å². The van der Waals surface area contributed by atoms with Crippen molar-refractivity contribution in [3.63, 3.8) is 0 Å². The van der Waals surface area contributed by atoms with E-state index in [-0.39, 0.29) is 5.54 Å². The molecule has 104 valence electrons. The first-order chi connectivity index (χ1) is 8.86. The fourth-order valence-corrected chi connectivity index (χ4v) is 1.61. The highest BCUT2D eigenvalue weighted by Crippen LogP contribution is 2.13. The van der Waals surface area contributed by atoms with Crippen LogP contribution in [0.5, 0.6) is 0 Å². The molecule has 0 fully saturated rings. The van der Waals surface area contributed by atoms with Crippen molar-refractivity contribution < 1.29 is 0 Å². The van der Waals surface area contributed by atoms with Crippen LogP contribution in [0.4, 0.5) is 5.69 Å². The summed E-state index contributed by atoms with van der Waals surface area (Å²) in [5, 5.41) is 15.9. The van der Waals surface area contributed by atoms with Crippen LogP contribution in [0, 0.1) is 0 Å². The topological polar surface area (TPSA) is 60.6 Å². The van der Waals surface area contributed by atoms with E-state index in [4.69, 9.17) is 0 Å². The summed E-state index contributed by atoms with van der Waals surface area (Å²) in [6.07, 6.45) is 5.80. The van der Waals surface area contributed by atoms with E-state index in [2.05, 4.69) is 55.3 Å². The lowest BCUT2D eigenvalue weighted by atomic mass is 10.1. The minimum absolute atomic E-state index is 0.0340. The first-order valence-corrected chi connectivity index (χ1v) is 6.56. The van der Waals surface area contributed by atoms with Crippen LogP contribution in [0.25, 0.3) is 0 Å². The number of nitrogens with one attached hydrogen (secondary N) is 1. The van der Waals surface area contributed by atoms with Crippen LogP contribution in [0.3, 0.4) is 0 Å². The van der Waals surface area contributed by atoms with Crippen LogP contribution >= 0.6 is 0 Å². The van der Waals surface area contributed by atoms with Crippen molar-refractivity contribution in [3.8, 4) is 0 Å². The van der Waals surface area contributed by atoms with E-state index in [1.165, 1.54) is 0 Å². The Balaban J connectivity index is 1.96. The number of hydrogen-bond acceptors (Lipinski definition) is 4. The monoisotopic (exact) mass is 262 g/mol. The Labute approximate surface area is 113 Å². The maximum Gasteiger partial charge on any atom is 0.102 e. The number of rotatable bonds is 4. The molecule has 19 heavy (non-hydrogen) atoms. The van der Waals surface area contributed by atoms with E-state index in [0.29, 0.717) is 12.6 Å². The molecular formula is C13H22N6. The predicted molar refractivity (Wildman–Crippen MR) is 75.0 cm³/mol. The van der Waals surface area contributed by atoms with Crippen LogP contribution in [-0.2, 0) is 12.1 Å². The van der Waals surface area contributed by atoms with E-state index in [9.17, 15) is 0 Å². The second-order valence-electron chi connectivity index (χ2n) is 5.98.